The molecule has 0 aromatic heterocycles. The zero-order chi connectivity index (χ0) is 82.6. The Hall–Kier alpha value is -11.6. The van der Waals surface area contributed by atoms with E-state index in [0.717, 1.165) is 54.6 Å². The quantitative estimate of drug-likeness (QED) is 0.0135. The smallest absolute Gasteiger partial charge is 0.504 e. The maximum absolute atomic E-state index is 14.4. The highest BCUT2D eigenvalue weighted by Crippen LogP contribution is 2.44. The number of ether oxygens (including phenoxy) is 15. The van der Waals surface area contributed by atoms with Gasteiger partial charge in [-0.2, -0.15) is 0 Å². The van der Waals surface area contributed by atoms with E-state index in [1.54, 1.807) is 0 Å². The van der Waals surface area contributed by atoms with E-state index in [1.807, 2.05) is 0 Å². The summed E-state index contributed by atoms with van der Waals surface area (Å²) in [5.41, 5.74) is 0.128. The van der Waals surface area contributed by atoms with Crippen molar-refractivity contribution in [3.8, 4) is 91.6 Å². The highest BCUT2D eigenvalue weighted by Gasteiger charge is 2.52. The van der Waals surface area contributed by atoms with Crippen LogP contribution in [0.5, 0.6) is 69.0 Å². The van der Waals surface area contributed by atoms with Crippen LogP contribution in [0.2, 0.25) is 0 Å². The first kappa shape index (κ1) is 84.3. The van der Waals surface area contributed by atoms with Crippen molar-refractivity contribution >= 4 is 48.2 Å². The fourth-order valence-corrected chi connectivity index (χ4v) is 12.1. The molecule has 6 aliphatic rings. The van der Waals surface area contributed by atoms with Gasteiger partial charge in [0.2, 0.25) is 25.5 Å². The Kier molecular flexibility index (Phi) is 27.5. The SMILES string of the molecule is COc1cc(C=CC(=O)OC[C@@H]2O[C@@H](OC[C@H]3O[C@@H](Oc4cc5c(=O)cc(O[C@@H]6O[C@H](C[O+]=C(O)C=Cc7ccc(O)c(OC)c7)[C@@H](O)[C@H](O)[C@H]6O)cc-5oc4-c4ccc(O)c(O[C@@H]5O[C@H](COC(=O)C=Cc6ccc(O)c(OC)c6)[C@@H](O)[C@H](O)[C@H]5O)c4)[C@H](O)[C@@H](O)[C@@H]3O)[C@H](OC(=O)C=Cc3ccc(O)c(OC)c3)[C@H]2O)ccc1O. The molecule has 11 rings (SSSR count). The van der Waals surface area contributed by atoms with E-state index in [1.165, 1.54) is 132 Å². The van der Waals surface area contributed by atoms with Gasteiger partial charge in [-0.25, -0.2) is 14.4 Å². The second kappa shape index (κ2) is 37.6. The number of carboxylic acids is 1. The number of rotatable bonds is 29. The normalized spacial score (nSPS) is 27.1. The first-order chi connectivity index (χ1) is 55.0. The molecule has 0 radical (unpaired) electrons. The zero-order valence-electron chi connectivity index (χ0n) is 61.0. The number of methoxy groups -OCH3 is 4. The predicted molar refractivity (Wildman–Crippen MR) is 390 cm³/mol. The number of benzene rings is 6. The van der Waals surface area contributed by atoms with Crippen molar-refractivity contribution in [2.24, 2.45) is 0 Å². The molecule has 0 unspecified atom stereocenters. The maximum atomic E-state index is 14.4. The molecule has 5 aliphatic heterocycles. The summed E-state index contributed by atoms with van der Waals surface area (Å²) in [6, 6.07) is 23.1. The number of hydrogen-bond acceptors (Lipinski definition) is 35. The Morgan fingerprint density at radius 3 is 1.30 bits per heavy atom. The Morgan fingerprint density at radius 2 is 0.809 bits per heavy atom. The lowest BCUT2D eigenvalue weighted by atomic mass is 9.99. The number of carbonyl (C=O) groups excluding carboxylic acids is 3. The number of aliphatic carboxylic acids is 1. The van der Waals surface area contributed by atoms with E-state index in [-0.39, 0.29) is 57.1 Å². The molecule has 4 fully saturated rings. The standard InChI is InChI=1S/C78H80O37/c1-99-49-23-35(5-14-42(49)79)9-19-59(85)103-31-55-63(89)67(93)70(96)75(111-55)107-40-28-47(84)41-30-54(73(108-48(41)29-40)39-13-18-46(83)53(27-39)109-76-71(97)68(94)64(90)56(112-76)32-104-60(86)20-10-36-6-15-43(80)50(24-36)100-2)110-77-72(98)69(95)65(91)57(113-77)34-106-78-74(115-62(88)22-12-38-8-17-45(82)52(26-38)102-4)66(92)58(114-78)33-105-61(87)21-11-37-7-16-44(81)51(25-37)101-3/h5-30,55-58,63-72,74-78,89-98H,31-34H2,1-4H3,(H5-,79,80,81,82,83,84,85,86,87,88)/p+1/t55-,56-,57-,58+,63-,64-,65-,66+,67+,68+,69+,70-,71-,72-,74-,75-,76-,77-,78-/m1/s1. The average molecular weight is 1610 g/mol. The van der Waals surface area contributed by atoms with Gasteiger partial charge in [0, 0.05) is 35.9 Å². The number of phenolic OH excluding ortho intramolecular Hbond substituents is 5. The summed E-state index contributed by atoms with van der Waals surface area (Å²) in [6.07, 6.45) is -26.9. The number of aliphatic hydroxyl groups is 10. The molecule has 19 atom stereocenters. The molecule has 5 heterocycles. The van der Waals surface area contributed by atoms with Gasteiger partial charge in [0.25, 0.3) is 0 Å². The molecule has 115 heavy (non-hydrogen) atoms. The Balaban J connectivity index is 0.868. The highest BCUT2D eigenvalue weighted by molar-refractivity contribution is 5.89. The fourth-order valence-electron chi connectivity index (χ4n) is 12.1. The predicted octanol–water partition coefficient (Wildman–Crippen LogP) is 1.11. The topological polar surface area (TPSA) is 555 Å². The van der Waals surface area contributed by atoms with Crippen molar-refractivity contribution < 1.29 is 176 Å². The van der Waals surface area contributed by atoms with Gasteiger partial charge in [0.05, 0.1) is 46.7 Å². The van der Waals surface area contributed by atoms with Gasteiger partial charge in [-0.1, -0.05) is 24.3 Å². The number of aliphatic hydroxyl groups excluding tert-OH is 11. The van der Waals surface area contributed by atoms with Gasteiger partial charge in [0.15, 0.2) is 92.9 Å². The number of esters is 3. The van der Waals surface area contributed by atoms with Crippen molar-refractivity contribution in [3.05, 3.63) is 166 Å². The first-order valence-corrected chi connectivity index (χ1v) is 34.9. The summed E-state index contributed by atoms with van der Waals surface area (Å²) in [4.78, 5) is 53.8. The molecular weight excluding hydrogens is 1530 g/mol. The van der Waals surface area contributed by atoms with Crippen molar-refractivity contribution in [1.82, 2.24) is 0 Å². The van der Waals surface area contributed by atoms with Crippen molar-refractivity contribution in [2.45, 2.75) is 117 Å². The second-order valence-corrected chi connectivity index (χ2v) is 26.1. The largest absolute Gasteiger partial charge is 0.510 e. The molecule has 0 spiro atoms. The van der Waals surface area contributed by atoms with Gasteiger partial charge in [-0.3, -0.25) is 4.79 Å². The van der Waals surface area contributed by atoms with Crippen molar-refractivity contribution in [2.75, 3.05) is 54.9 Å². The third-order valence-electron chi connectivity index (χ3n) is 18.4. The van der Waals surface area contributed by atoms with E-state index in [2.05, 4.69) is 0 Å². The second-order valence-electron chi connectivity index (χ2n) is 26.1. The van der Waals surface area contributed by atoms with E-state index >= 15 is 0 Å². The number of carboxylic acid groups (broad SMARTS) is 1. The van der Waals surface area contributed by atoms with Crippen LogP contribution in [0.15, 0.2) is 143 Å². The lowest BCUT2D eigenvalue weighted by molar-refractivity contribution is -0.489. The van der Waals surface area contributed by atoms with Crippen LogP contribution in [0.3, 0.4) is 0 Å². The van der Waals surface area contributed by atoms with E-state index in [0.29, 0.717) is 22.3 Å². The number of phenols is 5. The van der Waals surface area contributed by atoms with Gasteiger partial charge in [-0.05, 0) is 119 Å². The molecule has 1 aliphatic carbocycles. The first-order valence-electron chi connectivity index (χ1n) is 34.9. The number of hydrogen-bond donors (Lipinski definition) is 16. The summed E-state index contributed by atoms with van der Waals surface area (Å²) >= 11 is 0. The third kappa shape index (κ3) is 20.3. The Bertz CT molecular complexity index is 4760. The van der Waals surface area contributed by atoms with Crippen LogP contribution in [-0.4, -0.2) is 277 Å². The molecule has 0 bridgehead atoms. The van der Waals surface area contributed by atoms with Crippen LogP contribution in [0.4, 0.5) is 0 Å². The molecule has 37 heteroatoms. The molecule has 0 amide bonds. The molecule has 5 aromatic carbocycles. The Labute approximate surface area is 651 Å². The lowest BCUT2D eigenvalue weighted by Crippen LogP contribution is -2.60. The number of fused-ring (bicyclic) bond motifs is 1. The molecule has 4 saturated heterocycles. The molecule has 37 nitrogen and oxygen atoms in total. The van der Waals surface area contributed by atoms with Gasteiger partial charge < -0.3 is 162 Å². The summed E-state index contributed by atoms with van der Waals surface area (Å²) in [5.74, 6) is -7.15. The summed E-state index contributed by atoms with van der Waals surface area (Å²) in [5, 5.41) is 175. The fraction of sp³-hybridized carbons (Fsp3) is 0.346. The monoisotopic (exact) mass is 1610 g/mol. The van der Waals surface area contributed by atoms with Gasteiger partial charge in [0.1, 0.15) is 104 Å². The van der Waals surface area contributed by atoms with Crippen LogP contribution in [0.25, 0.3) is 47.0 Å². The lowest BCUT2D eigenvalue weighted by Gasteiger charge is -2.40. The minimum absolute atomic E-state index is 0.0626. The average Bonchev–Trinajstić information content (AvgIpc) is 1.20. The number of carbonyl (C=O) groups is 3. The van der Waals surface area contributed by atoms with E-state index < -0.39 is 207 Å². The molecule has 16 N–H and O–H groups in total. The molecular formula is C78H81O37+. The van der Waals surface area contributed by atoms with E-state index in [4.69, 9.17) is 79.9 Å². The summed E-state index contributed by atoms with van der Waals surface area (Å²) in [7, 11) is 5.28. The summed E-state index contributed by atoms with van der Waals surface area (Å²) in [6.45, 7) is -3.00. The van der Waals surface area contributed by atoms with E-state index in [9.17, 15) is 101 Å². The van der Waals surface area contributed by atoms with Crippen LogP contribution in [-0.2, 0) is 56.7 Å². The van der Waals surface area contributed by atoms with Crippen LogP contribution >= 0.6 is 0 Å². The zero-order valence-corrected chi connectivity index (χ0v) is 61.0. The highest BCUT2D eigenvalue weighted by atomic mass is 16.8. The minimum atomic E-state index is -2.21. The summed E-state index contributed by atoms with van der Waals surface area (Å²) < 4.78 is 96.3. The van der Waals surface area contributed by atoms with Crippen molar-refractivity contribution in [3.63, 3.8) is 0 Å². The Morgan fingerprint density at radius 1 is 0.409 bits per heavy atom. The van der Waals surface area contributed by atoms with Crippen molar-refractivity contribution in [1.29, 1.82) is 0 Å². The molecule has 0 saturated carbocycles. The van der Waals surface area contributed by atoms with Crippen LogP contribution < -0.4 is 38.6 Å². The van der Waals surface area contributed by atoms with Crippen LogP contribution in [0.1, 0.15) is 22.3 Å². The third-order valence-corrected chi connectivity index (χ3v) is 18.4. The molecule has 5 aromatic rings. The van der Waals surface area contributed by atoms with Gasteiger partial charge >= 0.3 is 23.9 Å². The maximum Gasteiger partial charge on any atom is 0.510 e. The minimum Gasteiger partial charge on any atom is -0.504 e. The molecule has 614 valence electrons. The number of aromatic hydroxyl groups is 5. The van der Waals surface area contributed by atoms with Crippen LogP contribution in [0, 0.1) is 0 Å². The van der Waals surface area contributed by atoms with Gasteiger partial charge in [-0.15, -0.1) is 0 Å².